The molecule has 274 valence electrons. The summed E-state index contributed by atoms with van der Waals surface area (Å²) in [6.07, 6.45) is 0.0645. The second kappa shape index (κ2) is 18.6. The first-order valence-corrected chi connectivity index (χ1v) is 18.5. The van der Waals surface area contributed by atoms with Crippen LogP contribution >= 0.6 is 11.8 Å². The second-order valence-corrected chi connectivity index (χ2v) is 13.8. The van der Waals surface area contributed by atoms with E-state index in [0.717, 1.165) is 49.6 Å². The van der Waals surface area contributed by atoms with Gasteiger partial charge in [-0.2, -0.15) is 0 Å². The normalized spacial score (nSPS) is 17.4. The Hall–Kier alpha value is -5.13. The summed E-state index contributed by atoms with van der Waals surface area (Å²) in [5, 5.41) is 15.2. The Kier molecular flexibility index (Phi) is 13.2. The molecule has 5 aromatic rings. The highest BCUT2D eigenvalue weighted by atomic mass is 32.2. The average molecular weight is 733 g/mol. The molecule has 2 amide bonds. The molecule has 1 aliphatic rings. The minimum Gasteiger partial charge on any atom is -0.496 e. The summed E-state index contributed by atoms with van der Waals surface area (Å²) in [6.45, 7) is 0.243. The Bertz CT molecular complexity index is 1960. The molecular formula is C43H44N2O7S. The van der Waals surface area contributed by atoms with Gasteiger partial charge in [0.15, 0.2) is 6.29 Å². The topological polar surface area (TPSA) is 115 Å². The lowest BCUT2D eigenvalue weighted by atomic mass is 9.99. The van der Waals surface area contributed by atoms with Gasteiger partial charge >= 0.3 is 12.0 Å². The third kappa shape index (κ3) is 10.3. The fraction of sp³-hybridized carbons (Fsp3) is 0.256. The summed E-state index contributed by atoms with van der Waals surface area (Å²) in [5.41, 5.74) is 6.52. The van der Waals surface area contributed by atoms with Crippen LogP contribution in [0.25, 0.3) is 11.1 Å². The molecule has 1 fully saturated rings. The summed E-state index contributed by atoms with van der Waals surface area (Å²) >= 11 is 1.70. The van der Waals surface area contributed by atoms with Crippen LogP contribution in [-0.4, -0.2) is 49.2 Å². The number of aliphatic hydroxyl groups is 1. The van der Waals surface area contributed by atoms with Crippen molar-refractivity contribution in [2.45, 2.75) is 55.4 Å². The summed E-state index contributed by atoms with van der Waals surface area (Å²) in [7, 11) is 2.99. The molecule has 0 aromatic heterocycles. The minimum atomic E-state index is -0.820. The lowest BCUT2D eigenvalue weighted by Gasteiger charge is -2.36. The number of nitrogens with one attached hydrogen (secondary N) is 2. The Morgan fingerprint density at radius 1 is 0.792 bits per heavy atom. The third-order valence-corrected chi connectivity index (χ3v) is 10.2. The van der Waals surface area contributed by atoms with Gasteiger partial charge in [-0.15, -0.1) is 11.8 Å². The molecule has 0 bridgehead atoms. The Balaban J connectivity index is 1.15. The zero-order chi connectivity index (χ0) is 37.0. The fourth-order valence-corrected chi connectivity index (χ4v) is 7.29. The van der Waals surface area contributed by atoms with E-state index in [1.807, 2.05) is 115 Å². The van der Waals surface area contributed by atoms with E-state index in [-0.39, 0.29) is 25.4 Å². The number of carbonyl (C=O) groups is 2. The smallest absolute Gasteiger partial charge is 0.328 e. The van der Waals surface area contributed by atoms with E-state index >= 15 is 0 Å². The van der Waals surface area contributed by atoms with Gasteiger partial charge in [0, 0.05) is 35.6 Å². The second-order valence-electron chi connectivity index (χ2n) is 12.7. The number of methoxy groups -OCH3 is 2. The number of hydrogen-bond acceptors (Lipinski definition) is 8. The first-order valence-electron chi connectivity index (χ1n) is 17.5. The van der Waals surface area contributed by atoms with Crippen molar-refractivity contribution in [2.24, 2.45) is 0 Å². The first kappa shape index (κ1) is 37.6. The monoisotopic (exact) mass is 732 g/mol. The van der Waals surface area contributed by atoms with E-state index < -0.39 is 24.3 Å². The molecule has 9 nitrogen and oxygen atoms in total. The van der Waals surface area contributed by atoms with E-state index in [1.54, 1.807) is 18.9 Å². The molecule has 0 spiro atoms. The van der Waals surface area contributed by atoms with Crippen LogP contribution in [0.2, 0.25) is 0 Å². The van der Waals surface area contributed by atoms with Gasteiger partial charge in [0.1, 0.15) is 11.8 Å². The van der Waals surface area contributed by atoms with E-state index in [0.29, 0.717) is 18.6 Å². The lowest BCUT2D eigenvalue weighted by Crippen LogP contribution is -2.47. The predicted octanol–water partition coefficient (Wildman–Crippen LogP) is 7.78. The largest absolute Gasteiger partial charge is 0.496 e. The van der Waals surface area contributed by atoms with Crippen LogP contribution in [0.1, 0.15) is 46.6 Å². The van der Waals surface area contributed by atoms with Crippen molar-refractivity contribution in [1.29, 1.82) is 0 Å². The predicted molar refractivity (Wildman–Crippen MR) is 205 cm³/mol. The van der Waals surface area contributed by atoms with Gasteiger partial charge in [0.25, 0.3) is 0 Å². The van der Waals surface area contributed by atoms with Gasteiger partial charge in [0.05, 0.1) is 33.0 Å². The van der Waals surface area contributed by atoms with Gasteiger partial charge in [-0.3, -0.25) is 0 Å². The molecule has 53 heavy (non-hydrogen) atoms. The van der Waals surface area contributed by atoms with E-state index in [1.165, 1.54) is 7.11 Å². The van der Waals surface area contributed by atoms with Crippen LogP contribution < -0.4 is 15.4 Å². The number of esters is 1. The van der Waals surface area contributed by atoms with Crippen molar-refractivity contribution in [2.75, 3.05) is 20.0 Å². The van der Waals surface area contributed by atoms with Gasteiger partial charge in [-0.05, 0) is 57.6 Å². The molecule has 1 aliphatic heterocycles. The van der Waals surface area contributed by atoms with Gasteiger partial charge in [-0.25, -0.2) is 9.59 Å². The standard InChI is InChI=1S/C43H44N2O7S/c1-49-38-16-6-7-17-40(38)53-28-36-25-39(32-20-18-30(27-46)19-21-32)52-42(51-36)35-15-9-14-34(24-35)33-13-8-12-31(22-33)26-44-43(48)45-37(41(47)50-2)23-29-10-4-3-5-11-29/h3-22,24,36-37,39,42,46H,23,25-28H2,1-2H3,(H2,44,45,48)/t36-,37-,39+,42+/m0/s1. The molecule has 6 rings (SSSR count). The maximum absolute atomic E-state index is 12.9. The summed E-state index contributed by atoms with van der Waals surface area (Å²) in [6, 6.07) is 40.1. The molecule has 0 aliphatic carbocycles. The summed E-state index contributed by atoms with van der Waals surface area (Å²) < 4.78 is 23.8. The molecule has 10 heteroatoms. The van der Waals surface area contributed by atoms with Crippen LogP contribution in [0.4, 0.5) is 4.79 Å². The van der Waals surface area contributed by atoms with Crippen LogP contribution in [0.15, 0.2) is 132 Å². The first-order chi connectivity index (χ1) is 25.9. The number of urea groups is 1. The highest BCUT2D eigenvalue weighted by molar-refractivity contribution is 7.99. The Labute approximate surface area is 314 Å². The molecule has 5 aromatic carbocycles. The number of aliphatic hydroxyl groups excluding tert-OH is 1. The number of para-hydroxylation sites is 1. The van der Waals surface area contributed by atoms with Crippen LogP contribution in [0.3, 0.4) is 0 Å². The van der Waals surface area contributed by atoms with Crippen LogP contribution in [-0.2, 0) is 38.6 Å². The van der Waals surface area contributed by atoms with Crippen molar-refractivity contribution in [3.05, 3.63) is 155 Å². The van der Waals surface area contributed by atoms with Crippen molar-refractivity contribution < 1.29 is 33.6 Å². The highest BCUT2D eigenvalue weighted by Gasteiger charge is 2.32. The Morgan fingerprint density at radius 3 is 2.26 bits per heavy atom. The highest BCUT2D eigenvalue weighted by Crippen LogP contribution is 2.41. The molecule has 0 unspecified atom stereocenters. The molecule has 0 saturated carbocycles. The molecule has 1 saturated heterocycles. The van der Waals surface area contributed by atoms with Crippen molar-refractivity contribution >= 4 is 23.8 Å². The Morgan fingerprint density at radius 2 is 1.51 bits per heavy atom. The quantitative estimate of drug-likeness (QED) is 0.0784. The maximum Gasteiger partial charge on any atom is 0.328 e. The van der Waals surface area contributed by atoms with Crippen LogP contribution in [0.5, 0.6) is 5.75 Å². The van der Waals surface area contributed by atoms with Crippen LogP contribution in [0, 0.1) is 0 Å². The average Bonchev–Trinajstić information content (AvgIpc) is 3.22. The molecule has 0 radical (unpaired) electrons. The number of amides is 2. The molecule has 3 N–H and O–H groups in total. The molecule has 1 heterocycles. The number of hydrogen-bond donors (Lipinski definition) is 3. The fourth-order valence-electron chi connectivity index (χ4n) is 6.25. The van der Waals surface area contributed by atoms with Gasteiger partial charge in [0.2, 0.25) is 0 Å². The SMILES string of the molecule is COC(=O)[C@H](Cc1ccccc1)NC(=O)NCc1cccc(-c2cccc([C@@H]3O[C@H](CSc4ccccc4OC)C[C@H](c4ccc(CO)cc4)O3)c2)c1. The van der Waals surface area contributed by atoms with E-state index in [9.17, 15) is 14.7 Å². The number of thioether (sulfide) groups is 1. The number of carbonyl (C=O) groups excluding carboxylic acids is 2. The number of rotatable bonds is 14. The zero-order valence-electron chi connectivity index (χ0n) is 29.8. The molecule has 4 atom stereocenters. The van der Waals surface area contributed by atoms with E-state index in [2.05, 4.69) is 22.8 Å². The van der Waals surface area contributed by atoms with Gasteiger partial charge < -0.3 is 34.7 Å². The van der Waals surface area contributed by atoms with Crippen molar-refractivity contribution in [3.63, 3.8) is 0 Å². The molecular weight excluding hydrogens is 689 g/mol. The maximum atomic E-state index is 12.9. The van der Waals surface area contributed by atoms with Gasteiger partial charge in [-0.1, -0.05) is 103 Å². The summed E-state index contributed by atoms with van der Waals surface area (Å²) in [5.74, 6) is 1.03. The third-order valence-electron chi connectivity index (χ3n) is 9.05. The summed E-state index contributed by atoms with van der Waals surface area (Å²) in [4.78, 5) is 26.4. The number of ether oxygens (including phenoxy) is 4. The van der Waals surface area contributed by atoms with Crippen molar-refractivity contribution in [3.8, 4) is 16.9 Å². The number of benzene rings is 5. The van der Waals surface area contributed by atoms with E-state index in [4.69, 9.17) is 18.9 Å². The lowest BCUT2D eigenvalue weighted by molar-refractivity contribution is -0.245. The minimum absolute atomic E-state index is 0.0163. The zero-order valence-corrected chi connectivity index (χ0v) is 30.6. The van der Waals surface area contributed by atoms with Crippen molar-refractivity contribution in [1.82, 2.24) is 10.6 Å².